The van der Waals surface area contributed by atoms with Gasteiger partial charge in [-0.05, 0) is 50.0 Å². The summed E-state index contributed by atoms with van der Waals surface area (Å²) in [6.07, 6.45) is 3.99. The molecule has 0 unspecified atom stereocenters. The van der Waals surface area contributed by atoms with Gasteiger partial charge in [0.05, 0.1) is 21.2 Å². The van der Waals surface area contributed by atoms with Gasteiger partial charge in [-0.1, -0.05) is 18.2 Å². The quantitative estimate of drug-likeness (QED) is 0.496. The van der Waals surface area contributed by atoms with Crippen LogP contribution in [-0.4, -0.2) is 68.6 Å². The van der Waals surface area contributed by atoms with Gasteiger partial charge in [0.15, 0.2) is 0 Å². The molecule has 1 fully saturated rings. The predicted octanol–water partition coefficient (Wildman–Crippen LogP) is 4.35. The molecule has 3 aromatic rings. The SMILES string of the molecule is CSc1nsc(SC)c1C(=O)N1CCN(Cc2c(C)nn(-c3ccccc3)c2C)CC1. The van der Waals surface area contributed by atoms with Gasteiger partial charge in [0.2, 0.25) is 0 Å². The lowest BCUT2D eigenvalue weighted by atomic mass is 10.1. The molecule has 6 nitrogen and oxygen atoms in total. The van der Waals surface area contributed by atoms with E-state index in [0.29, 0.717) is 0 Å². The molecule has 1 amide bonds. The minimum absolute atomic E-state index is 0.117. The van der Waals surface area contributed by atoms with Gasteiger partial charge in [0, 0.05) is 44.0 Å². The summed E-state index contributed by atoms with van der Waals surface area (Å²) >= 11 is 4.58. The first-order chi connectivity index (χ1) is 15.0. The molecule has 31 heavy (non-hydrogen) atoms. The molecule has 4 rings (SSSR count). The van der Waals surface area contributed by atoms with E-state index < -0.39 is 0 Å². The molecule has 1 saturated heterocycles. The van der Waals surface area contributed by atoms with Crippen LogP contribution < -0.4 is 0 Å². The summed E-state index contributed by atoms with van der Waals surface area (Å²) in [4.78, 5) is 17.6. The Kier molecular flexibility index (Phi) is 7.05. The fourth-order valence-electron chi connectivity index (χ4n) is 3.93. The van der Waals surface area contributed by atoms with Crippen LogP contribution in [0.5, 0.6) is 0 Å². The van der Waals surface area contributed by atoms with Gasteiger partial charge in [0.1, 0.15) is 5.03 Å². The van der Waals surface area contributed by atoms with E-state index >= 15 is 0 Å². The van der Waals surface area contributed by atoms with E-state index in [1.807, 2.05) is 40.3 Å². The maximum Gasteiger partial charge on any atom is 0.258 e. The van der Waals surface area contributed by atoms with Gasteiger partial charge in [-0.2, -0.15) is 9.47 Å². The number of hydrogen-bond acceptors (Lipinski definition) is 7. The Hall–Kier alpha value is -1.81. The molecule has 1 aliphatic heterocycles. The van der Waals surface area contributed by atoms with Crippen molar-refractivity contribution < 1.29 is 4.79 Å². The average Bonchev–Trinajstić information content (AvgIpc) is 3.35. The van der Waals surface area contributed by atoms with Crippen LogP contribution in [0.15, 0.2) is 39.6 Å². The molecular formula is C22H27N5OS3. The third kappa shape index (κ3) is 4.55. The molecular weight excluding hydrogens is 446 g/mol. The molecule has 0 aliphatic carbocycles. The molecule has 0 radical (unpaired) electrons. The molecule has 1 aromatic carbocycles. The van der Waals surface area contributed by atoms with Crippen molar-refractivity contribution >= 4 is 41.0 Å². The fourth-order valence-corrected chi connectivity index (χ4v) is 6.20. The second kappa shape index (κ2) is 9.77. The lowest BCUT2D eigenvalue weighted by Gasteiger charge is -2.35. The topological polar surface area (TPSA) is 54.3 Å². The highest BCUT2D eigenvalue weighted by molar-refractivity contribution is 8.01. The largest absolute Gasteiger partial charge is 0.336 e. The number of hydrogen-bond donors (Lipinski definition) is 0. The summed E-state index contributed by atoms with van der Waals surface area (Å²) in [7, 11) is 0. The molecule has 3 heterocycles. The first-order valence-corrected chi connectivity index (χ1v) is 13.5. The summed E-state index contributed by atoms with van der Waals surface area (Å²) in [5.74, 6) is 0.117. The number of benzene rings is 1. The van der Waals surface area contributed by atoms with E-state index in [2.05, 4.69) is 35.3 Å². The number of carbonyl (C=O) groups excluding carboxylic acids is 1. The van der Waals surface area contributed by atoms with Gasteiger partial charge in [-0.25, -0.2) is 4.68 Å². The van der Waals surface area contributed by atoms with Crippen LogP contribution in [-0.2, 0) is 6.54 Å². The summed E-state index contributed by atoms with van der Waals surface area (Å²) < 4.78 is 7.50. The Morgan fingerprint density at radius 1 is 1.06 bits per heavy atom. The Balaban J connectivity index is 1.43. The fraction of sp³-hybridized carbons (Fsp3) is 0.409. The highest BCUT2D eigenvalue weighted by Gasteiger charge is 2.28. The number of nitrogens with zero attached hydrogens (tertiary/aromatic N) is 5. The maximum atomic E-state index is 13.2. The van der Waals surface area contributed by atoms with Crippen LogP contribution >= 0.6 is 35.1 Å². The lowest BCUT2D eigenvalue weighted by molar-refractivity contribution is 0.0621. The van der Waals surface area contributed by atoms with Crippen molar-refractivity contribution in [2.24, 2.45) is 0 Å². The summed E-state index contributed by atoms with van der Waals surface area (Å²) in [6.45, 7) is 8.28. The van der Waals surface area contributed by atoms with Crippen molar-refractivity contribution in [1.29, 1.82) is 0 Å². The first-order valence-electron chi connectivity index (χ1n) is 10.2. The number of aromatic nitrogens is 3. The second-order valence-electron chi connectivity index (χ2n) is 7.52. The highest BCUT2D eigenvalue weighted by Crippen LogP contribution is 2.33. The number of aryl methyl sites for hydroxylation is 1. The van der Waals surface area contributed by atoms with Gasteiger partial charge in [-0.15, -0.1) is 23.5 Å². The Morgan fingerprint density at radius 2 is 1.77 bits per heavy atom. The molecule has 0 spiro atoms. The van der Waals surface area contributed by atoms with Crippen molar-refractivity contribution in [3.05, 3.63) is 52.8 Å². The number of thioether (sulfide) groups is 2. The van der Waals surface area contributed by atoms with Crippen LogP contribution in [0, 0.1) is 13.8 Å². The van der Waals surface area contributed by atoms with Crippen LogP contribution in [0.3, 0.4) is 0 Å². The van der Waals surface area contributed by atoms with E-state index in [1.54, 1.807) is 23.5 Å². The van der Waals surface area contributed by atoms with E-state index in [-0.39, 0.29) is 5.91 Å². The smallest absolute Gasteiger partial charge is 0.258 e. The molecule has 2 aromatic heterocycles. The molecule has 0 N–H and O–H groups in total. The van der Waals surface area contributed by atoms with E-state index in [4.69, 9.17) is 5.10 Å². The minimum Gasteiger partial charge on any atom is -0.336 e. The first kappa shape index (κ1) is 22.4. The zero-order chi connectivity index (χ0) is 22.0. The Morgan fingerprint density at radius 3 is 2.42 bits per heavy atom. The number of piperazine rings is 1. The normalized spacial score (nSPS) is 14.9. The zero-order valence-corrected chi connectivity index (χ0v) is 20.7. The standard InChI is InChI=1S/C22H27N5OS3/c1-15-18(16(2)27(23-15)17-8-6-5-7-9-17)14-25-10-12-26(13-11-25)21(28)19-20(29-3)24-31-22(19)30-4/h5-9H,10-14H2,1-4H3. The second-order valence-corrected chi connectivity index (χ2v) is 10.2. The molecule has 1 aliphatic rings. The van der Waals surface area contributed by atoms with Crippen LogP contribution in [0.25, 0.3) is 5.69 Å². The number of amides is 1. The highest BCUT2D eigenvalue weighted by atomic mass is 32.2. The van der Waals surface area contributed by atoms with Crippen LogP contribution in [0.4, 0.5) is 0 Å². The maximum absolute atomic E-state index is 13.2. The average molecular weight is 474 g/mol. The summed E-state index contributed by atoms with van der Waals surface area (Å²) in [6, 6.07) is 10.3. The Bertz CT molecular complexity index is 1030. The molecule has 0 saturated carbocycles. The zero-order valence-electron chi connectivity index (χ0n) is 18.3. The van der Waals surface area contributed by atoms with Crippen LogP contribution in [0.1, 0.15) is 27.3 Å². The van der Waals surface area contributed by atoms with Crippen molar-refractivity contribution in [1.82, 2.24) is 24.0 Å². The number of para-hydroxylation sites is 1. The third-order valence-corrected chi connectivity index (χ3v) is 8.45. The van der Waals surface area contributed by atoms with Gasteiger partial charge in [-0.3, -0.25) is 9.69 Å². The molecule has 9 heteroatoms. The van der Waals surface area contributed by atoms with Crippen molar-refractivity contribution in [3.63, 3.8) is 0 Å². The Labute approximate surface area is 196 Å². The van der Waals surface area contributed by atoms with E-state index in [9.17, 15) is 4.79 Å². The van der Waals surface area contributed by atoms with Gasteiger partial charge >= 0.3 is 0 Å². The van der Waals surface area contributed by atoms with E-state index in [0.717, 1.165) is 58.9 Å². The molecule has 0 bridgehead atoms. The van der Waals surface area contributed by atoms with Crippen molar-refractivity contribution in [3.8, 4) is 5.69 Å². The predicted molar refractivity (Wildman–Crippen MR) is 130 cm³/mol. The summed E-state index contributed by atoms with van der Waals surface area (Å²) in [5, 5.41) is 5.62. The number of carbonyl (C=O) groups is 1. The molecule has 0 atom stereocenters. The number of rotatable bonds is 6. The third-order valence-electron chi connectivity index (χ3n) is 5.71. The van der Waals surface area contributed by atoms with Gasteiger partial charge in [0.25, 0.3) is 5.91 Å². The lowest BCUT2D eigenvalue weighted by Crippen LogP contribution is -2.48. The van der Waals surface area contributed by atoms with Crippen molar-refractivity contribution in [2.75, 3.05) is 38.7 Å². The van der Waals surface area contributed by atoms with Crippen molar-refractivity contribution in [2.45, 2.75) is 29.6 Å². The minimum atomic E-state index is 0.117. The summed E-state index contributed by atoms with van der Waals surface area (Å²) in [5.41, 5.74) is 5.40. The van der Waals surface area contributed by atoms with E-state index in [1.165, 1.54) is 22.8 Å². The molecule has 164 valence electrons. The monoisotopic (exact) mass is 473 g/mol. The van der Waals surface area contributed by atoms with Gasteiger partial charge < -0.3 is 4.90 Å². The van der Waals surface area contributed by atoms with Crippen LogP contribution in [0.2, 0.25) is 0 Å².